The first kappa shape index (κ1) is 27.7. The third-order valence-corrected chi connectivity index (χ3v) is 5.33. The monoisotopic (exact) mass is 453 g/mol. The predicted octanol–water partition coefficient (Wildman–Crippen LogP) is 6.96. The summed E-state index contributed by atoms with van der Waals surface area (Å²) < 4.78 is 1.96. The van der Waals surface area contributed by atoms with E-state index in [1.165, 1.54) is 0 Å². The lowest BCUT2D eigenvalue weighted by molar-refractivity contribution is 0.283. The van der Waals surface area contributed by atoms with Gasteiger partial charge < -0.3 is 9.41 Å². The van der Waals surface area contributed by atoms with Crippen molar-refractivity contribution in [2.75, 3.05) is 17.5 Å². The van der Waals surface area contributed by atoms with Crippen molar-refractivity contribution >= 4 is 29.9 Å². The van der Waals surface area contributed by atoms with Gasteiger partial charge in [0.2, 0.25) is 0 Å². The van der Waals surface area contributed by atoms with E-state index in [0.29, 0.717) is 0 Å². The fourth-order valence-corrected chi connectivity index (χ4v) is 3.49. The normalized spacial score (nSPS) is 11.6. The molecule has 0 aliphatic rings. The Morgan fingerprint density at radius 2 is 1.88 bits per heavy atom. The highest BCUT2D eigenvalue weighted by Gasteiger charge is 2.12. The number of unbranched alkanes of at least 4 members (excludes halogenated alkanes) is 2. The molecule has 0 bridgehead atoms. The molecule has 0 atom stereocenters. The molecule has 1 aromatic carbocycles. The first-order chi connectivity index (χ1) is 15.4. The number of aliphatic hydroxyl groups is 1. The van der Waals surface area contributed by atoms with Gasteiger partial charge in [-0.25, -0.2) is 4.99 Å². The van der Waals surface area contributed by atoms with E-state index in [2.05, 4.69) is 49.5 Å². The molecule has 32 heavy (non-hydrogen) atoms. The van der Waals surface area contributed by atoms with Crippen LogP contribution in [-0.2, 0) is 0 Å². The molecule has 0 spiro atoms. The fourth-order valence-electron chi connectivity index (χ4n) is 3.23. The van der Waals surface area contributed by atoms with Crippen LogP contribution in [0.25, 0.3) is 5.70 Å². The molecule has 0 aliphatic carbocycles. The zero-order valence-electron chi connectivity index (χ0n) is 20.5. The van der Waals surface area contributed by atoms with Crippen LogP contribution in [0.15, 0.2) is 59.7 Å². The van der Waals surface area contributed by atoms with Gasteiger partial charge in [-0.1, -0.05) is 45.4 Å². The Morgan fingerprint density at radius 3 is 2.47 bits per heavy atom. The summed E-state index contributed by atoms with van der Waals surface area (Å²) in [6, 6.07) is 10.3. The van der Waals surface area contributed by atoms with Crippen LogP contribution in [0.4, 0.5) is 5.69 Å². The number of aryl methyl sites for hydroxylation is 2. The minimum absolute atomic E-state index is 0.242. The molecular formula is C27H39N3OS. The predicted molar refractivity (Wildman–Crippen MR) is 144 cm³/mol. The second-order valence-corrected chi connectivity index (χ2v) is 7.99. The molecular weight excluding hydrogens is 414 g/mol. The topological polar surface area (TPSA) is 48.7 Å². The van der Waals surface area contributed by atoms with Gasteiger partial charge in [0, 0.05) is 41.9 Å². The first-order valence-corrected chi connectivity index (χ1v) is 11.8. The average Bonchev–Trinajstić information content (AvgIpc) is 2.79. The van der Waals surface area contributed by atoms with Crippen LogP contribution in [0, 0.1) is 13.8 Å². The van der Waals surface area contributed by atoms with E-state index in [9.17, 15) is 0 Å². The minimum Gasteiger partial charge on any atom is -0.396 e. The molecule has 4 nitrogen and oxygen atoms in total. The van der Waals surface area contributed by atoms with Crippen LogP contribution in [-0.4, -0.2) is 29.0 Å². The van der Waals surface area contributed by atoms with Crippen molar-refractivity contribution in [3.05, 3.63) is 77.1 Å². The molecule has 174 valence electrons. The van der Waals surface area contributed by atoms with Crippen molar-refractivity contribution in [1.82, 2.24) is 4.98 Å². The number of rotatable bonds is 10. The maximum absolute atomic E-state index is 8.95. The van der Waals surface area contributed by atoms with Gasteiger partial charge in [0.15, 0.2) is 0 Å². The molecule has 0 aliphatic heterocycles. The number of benzene rings is 1. The fraction of sp³-hybridized carbons (Fsp3) is 0.407. The zero-order chi connectivity index (χ0) is 24.1. The summed E-state index contributed by atoms with van der Waals surface area (Å²) in [7, 11) is 0. The van der Waals surface area contributed by atoms with Crippen LogP contribution in [0.5, 0.6) is 0 Å². The number of pyridine rings is 1. The highest BCUT2D eigenvalue weighted by Crippen LogP contribution is 2.28. The molecule has 2 aromatic rings. The van der Waals surface area contributed by atoms with Crippen molar-refractivity contribution < 1.29 is 5.11 Å². The molecule has 5 heteroatoms. The zero-order valence-corrected chi connectivity index (χ0v) is 21.4. The Hall–Kier alpha value is -2.37. The van der Waals surface area contributed by atoms with Crippen LogP contribution in [0.3, 0.4) is 0 Å². The Balaban J connectivity index is 0.00000249. The average molecular weight is 454 g/mol. The third kappa shape index (κ3) is 8.29. The van der Waals surface area contributed by atoms with E-state index in [0.717, 1.165) is 70.9 Å². The molecule has 0 amide bonds. The molecule has 2 rings (SSSR count). The lowest BCUT2D eigenvalue weighted by atomic mass is 10.0. The maximum atomic E-state index is 8.95. The van der Waals surface area contributed by atoms with E-state index >= 15 is 0 Å². The van der Waals surface area contributed by atoms with Crippen molar-refractivity contribution in [2.24, 2.45) is 4.99 Å². The summed E-state index contributed by atoms with van der Waals surface area (Å²) in [5.41, 5.74) is 7.92. The maximum Gasteiger partial charge on any atom is 0.0733 e. The summed E-state index contributed by atoms with van der Waals surface area (Å²) in [5, 5.41) is 8.95. The van der Waals surface area contributed by atoms with Crippen molar-refractivity contribution in [3.63, 3.8) is 0 Å². The number of aliphatic imine (C=N–C) groups is 1. The molecule has 1 N–H and O–H groups in total. The van der Waals surface area contributed by atoms with E-state index in [1.54, 1.807) is 6.20 Å². The van der Waals surface area contributed by atoms with Crippen molar-refractivity contribution in [2.45, 2.75) is 60.8 Å². The number of aromatic nitrogens is 1. The molecule has 0 unspecified atom stereocenters. The van der Waals surface area contributed by atoms with E-state index in [4.69, 9.17) is 10.1 Å². The molecule has 1 heterocycles. The minimum atomic E-state index is 0.242. The van der Waals surface area contributed by atoms with Gasteiger partial charge in [0.05, 0.1) is 11.4 Å². The SMILES string of the molecule is C=C(C)C(=N/C(=C\C)c1cc(N(S)CCCCCO)ccc1C)c1ccnc(C)c1.CC. The number of nitrogens with zero attached hydrogens (tertiary/aromatic N) is 3. The number of anilines is 1. The second-order valence-electron chi connectivity index (χ2n) is 7.51. The quantitative estimate of drug-likeness (QED) is 0.232. The number of hydrogen-bond acceptors (Lipinski definition) is 5. The van der Waals surface area contributed by atoms with Gasteiger partial charge in [-0.15, -0.1) is 0 Å². The molecule has 0 fully saturated rings. The van der Waals surface area contributed by atoms with Crippen LogP contribution in [0.2, 0.25) is 0 Å². The van der Waals surface area contributed by atoms with Gasteiger partial charge in [0.25, 0.3) is 0 Å². The van der Waals surface area contributed by atoms with Gasteiger partial charge in [0.1, 0.15) is 0 Å². The molecule has 0 saturated carbocycles. The second kappa shape index (κ2) is 14.6. The van der Waals surface area contributed by atoms with Gasteiger partial charge in [-0.05, 0) is 82.4 Å². The Morgan fingerprint density at radius 1 is 1.16 bits per heavy atom. The number of thiol groups is 1. The van der Waals surface area contributed by atoms with Gasteiger partial charge in [-0.3, -0.25) is 4.98 Å². The van der Waals surface area contributed by atoms with Gasteiger partial charge >= 0.3 is 0 Å². The van der Waals surface area contributed by atoms with E-state index < -0.39 is 0 Å². The van der Waals surface area contributed by atoms with Gasteiger partial charge in [-0.2, -0.15) is 0 Å². The lowest BCUT2D eigenvalue weighted by Crippen LogP contribution is -2.12. The highest BCUT2D eigenvalue weighted by atomic mass is 32.1. The van der Waals surface area contributed by atoms with Crippen LogP contribution < -0.4 is 4.31 Å². The summed E-state index contributed by atoms with van der Waals surface area (Å²) in [5.74, 6) is 0. The highest BCUT2D eigenvalue weighted by molar-refractivity contribution is 7.81. The van der Waals surface area contributed by atoms with E-state index in [-0.39, 0.29) is 6.61 Å². The summed E-state index contributed by atoms with van der Waals surface area (Å²) >= 11 is 4.67. The summed E-state index contributed by atoms with van der Waals surface area (Å²) in [4.78, 5) is 9.30. The van der Waals surface area contributed by atoms with Crippen LogP contribution >= 0.6 is 12.8 Å². The van der Waals surface area contributed by atoms with Crippen molar-refractivity contribution in [1.29, 1.82) is 0 Å². The first-order valence-electron chi connectivity index (χ1n) is 11.4. The summed E-state index contributed by atoms with van der Waals surface area (Å²) in [6.07, 6.45) is 6.65. The van der Waals surface area contributed by atoms with Crippen LogP contribution in [0.1, 0.15) is 69.3 Å². The third-order valence-electron chi connectivity index (χ3n) is 4.90. The number of allylic oxidation sites excluding steroid dienone is 2. The summed E-state index contributed by atoms with van der Waals surface area (Å²) in [6.45, 7) is 17.3. The smallest absolute Gasteiger partial charge is 0.0733 e. The Bertz CT molecular complexity index is 934. The molecule has 1 aromatic heterocycles. The molecule has 0 radical (unpaired) electrons. The largest absolute Gasteiger partial charge is 0.396 e. The van der Waals surface area contributed by atoms with E-state index in [1.807, 2.05) is 57.1 Å². The van der Waals surface area contributed by atoms with Crippen molar-refractivity contribution in [3.8, 4) is 0 Å². The Labute approximate surface area is 200 Å². The Kier molecular flexibility index (Phi) is 12.7. The molecule has 0 saturated heterocycles. The number of hydrogen-bond donors (Lipinski definition) is 2. The number of aliphatic hydroxyl groups excluding tert-OH is 1. The lowest BCUT2D eigenvalue weighted by Gasteiger charge is -2.20. The standard InChI is InChI=1S/C25H33N3OS.C2H6/c1-6-24(27-25(18(2)3)21-12-13-26-20(5)16-21)23-17-22(11-10-19(23)4)28(30)14-8-7-9-15-29;1-2/h6,10-13,16-17,29-30H,2,7-9,14-15H2,1,3-5H3;1-2H3/b24-6-,27-25?;.